The number of H-pyrrole nitrogens is 1. The van der Waals surface area contributed by atoms with E-state index < -0.39 is 0 Å². The van der Waals surface area contributed by atoms with Crippen molar-refractivity contribution >= 4 is 33.4 Å². The summed E-state index contributed by atoms with van der Waals surface area (Å²) in [5.74, 6) is 0.634. The summed E-state index contributed by atoms with van der Waals surface area (Å²) in [4.78, 5) is 28.4. The third kappa shape index (κ3) is 4.54. The molecule has 0 fully saturated rings. The van der Waals surface area contributed by atoms with Crippen molar-refractivity contribution in [2.45, 2.75) is 6.92 Å². The smallest absolute Gasteiger partial charge is 0.251 e. The number of benzene rings is 2. The highest BCUT2D eigenvalue weighted by molar-refractivity contribution is 9.10. The molecule has 0 spiro atoms. The molecule has 3 rings (SSSR count). The summed E-state index contributed by atoms with van der Waals surface area (Å²) in [5, 5.41) is 12.2. The molecule has 0 aliphatic rings. The number of aromatic amines is 1. The number of aromatic nitrogens is 3. The van der Waals surface area contributed by atoms with Gasteiger partial charge in [-0.3, -0.25) is 14.7 Å². The highest BCUT2D eigenvalue weighted by atomic mass is 79.9. The lowest BCUT2D eigenvalue weighted by molar-refractivity contribution is -0.115. The summed E-state index contributed by atoms with van der Waals surface area (Å²) in [6, 6.07) is 14.1. The van der Waals surface area contributed by atoms with Gasteiger partial charge in [0.1, 0.15) is 5.82 Å². The van der Waals surface area contributed by atoms with Crippen molar-refractivity contribution in [2.24, 2.45) is 0 Å². The molecule has 2 aromatic carbocycles. The Balaban J connectivity index is 1.59. The molecule has 0 saturated carbocycles. The van der Waals surface area contributed by atoms with Gasteiger partial charge in [0.2, 0.25) is 5.91 Å². The van der Waals surface area contributed by atoms with Crippen LogP contribution < -0.4 is 10.6 Å². The second-order valence-electron chi connectivity index (χ2n) is 5.57. The maximum Gasteiger partial charge on any atom is 0.251 e. The van der Waals surface area contributed by atoms with E-state index in [-0.39, 0.29) is 18.4 Å². The van der Waals surface area contributed by atoms with Gasteiger partial charge in [0.15, 0.2) is 5.82 Å². The van der Waals surface area contributed by atoms with Gasteiger partial charge in [-0.25, -0.2) is 4.98 Å². The Morgan fingerprint density at radius 1 is 1.15 bits per heavy atom. The number of carbonyl (C=O) groups excluding carboxylic acids is 2. The lowest BCUT2D eigenvalue weighted by Gasteiger charge is -2.08. The van der Waals surface area contributed by atoms with E-state index in [1.54, 1.807) is 36.4 Å². The number of amides is 2. The van der Waals surface area contributed by atoms with Crippen molar-refractivity contribution in [1.82, 2.24) is 20.5 Å². The summed E-state index contributed by atoms with van der Waals surface area (Å²) < 4.78 is 0.800. The molecule has 1 heterocycles. The molecule has 0 unspecified atom stereocenters. The van der Waals surface area contributed by atoms with Gasteiger partial charge < -0.3 is 10.6 Å². The molecular weight excluding hydrogens is 398 g/mol. The van der Waals surface area contributed by atoms with Crippen LogP contribution in [0, 0.1) is 6.92 Å². The Labute approximate surface area is 158 Å². The first-order chi connectivity index (χ1) is 12.5. The molecular formula is C18H16BrN5O2. The van der Waals surface area contributed by atoms with Gasteiger partial charge in [-0.1, -0.05) is 34.1 Å². The van der Waals surface area contributed by atoms with Gasteiger partial charge in [-0.15, -0.1) is 0 Å². The molecule has 8 heteroatoms. The second-order valence-corrected chi connectivity index (χ2v) is 6.48. The average molecular weight is 414 g/mol. The number of hydrogen-bond acceptors (Lipinski definition) is 4. The maximum absolute atomic E-state index is 12.1. The lowest BCUT2D eigenvalue weighted by Crippen LogP contribution is -2.32. The lowest BCUT2D eigenvalue weighted by atomic mass is 10.2. The average Bonchev–Trinajstić information content (AvgIpc) is 3.06. The first-order valence-electron chi connectivity index (χ1n) is 7.84. The highest BCUT2D eigenvalue weighted by Crippen LogP contribution is 2.19. The topological polar surface area (TPSA) is 99.8 Å². The van der Waals surface area contributed by atoms with E-state index in [0.29, 0.717) is 22.9 Å². The molecule has 7 nitrogen and oxygen atoms in total. The number of hydrogen-bond donors (Lipinski definition) is 3. The molecule has 0 aliphatic carbocycles. The molecule has 2 amide bonds. The summed E-state index contributed by atoms with van der Waals surface area (Å²) in [5.41, 5.74) is 1.87. The van der Waals surface area contributed by atoms with Crippen LogP contribution in [0.2, 0.25) is 0 Å². The van der Waals surface area contributed by atoms with Crippen LogP contribution in [0.15, 0.2) is 53.0 Å². The van der Waals surface area contributed by atoms with Crippen LogP contribution in [-0.2, 0) is 4.79 Å². The monoisotopic (exact) mass is 413 g/mol. The van der Waals surface area contributed by atoms with Crippen molar-refractivity contribution in [3.8, 4) is 11.4 Å². The number of rotatable bonds is 5. The van der Waals surface area contributed by atoms with Crippen molar-refractivity contribution in [1.29, 1.82) is 0 Å². The van der Waals surface area contributed by atoms with Gasteiger partial charge in [0.25, 0.3) is 5.91 Å². The molecule has 1 aromatic heterocycles. The van der Waals surface area contributed by atoms with E-state index in [1.165, 1.54) is 0 Å². The number of aryl methyl sites for hydroxylation is 1. The summed E-state index contributed by atoms with van der Waals surface area (Å²) in [6.45, 7) is 1.69. The zero-order valence-corrected chi connectivity index (χ0v) is 15.5. The van der Waals surface area contributed by atoms with Crippen LogP contribution in [0.3, 0.4) is 0 Å². The summed E-state index contributed by atoms with van der Waals surface area (Å²) in [6.07, 6.45) is 0. The summed E-state index contributed by atoms with van der Waals surface area (Å²) >= 11 is 3.31. The largest absolute Gasteiger partial charge is 0.343 e. The Bertz CT molecular complexity index is 954. The molecule has 0 radical (unpaired) electrons. The fourth-order valence-electron chi connectivity index (χ4n) is 2.31. The van der Waals surface area contributed by atoms with E-state index in [9.17, 15) is 9.59 Å². The minimum atomic E-state index is -0.323. The van der Waals surface area contributed by atoms with Gasteiger partial charge in [0.05, 0.1) is 6.54 Å². The van der Waals surface area contributed by atoms with Gasteiger partial charge in [-0.2, -0.15) is 5.10 Å². The third-order valence-corrected chi connectivity index (χ3v) is 3.99. The quantitative estimate of drug-likeness (QED) is 0.598. The van der Waals surface area contributed by atoms with Crippen LogP contribution in [0.25, 0.3) is 11.4 Å². The number of nitrogens with one attached hydrogen (secondary N) is 3. The standard InChI is InChI=1S/C18H16BrN5O2/c1-11-21-17(24-23-11)12-4-3-7-15(9-12)22-16(25)10-20-18(26)13-5-2-6-14(19)8-13/h2-9H,10H2,1H3,(H,20,26)(H,22,25)(H,21,23,24). The number of anilines is 1. The van der Waals surface area contributed by atoms with Gasteiger partial charge in [0, 0.05) is 21.3 Å². The van der Waals surface area contributed by atoms with E-state index in [0.717, 1.165) is 10.0 Å². The molecule has 0 bridgehead atoms. The fraction of sp³-hybridized carbons (Fsp3) is 0.111. The fourth-order valence-corrected chi connectivity index (χ4v) is 2.70. The van der Waals surface area contributed by atoms with Crippen LogP contribution in [0.1, 0.15) is 16.2 Å². The van der Waals surface area contributed by atoms with Crippen molar-refractivity contribution < 1.29 is 9.59 Å². The van der Waals surface area contributed by atoms with Crippen LogP contribution in [0.4, 0.5) is 5.69 Å². The SMILES string of the molecule is Cc1nc(-c2cccc(NC(=O)CNC(=O)c3cccc(Br)c3)c2)n[nH]1. The maximum atomic E-state index is 12.1. The zero-order chi connectivity index (χ0) is 18.5. The minimum absolute atomic E-state index is 0.130. The molecule has 26 heavy (non-hydrogen) atoms. The molecule has 132 valence electrons. The predicted octanol–water partition coefficient (Wildman–Crippen LogP) is 2.91. The van der Waals surface area contributed by atoms with E-state index in [1.807, 2.05) is 19.1 Å². The third-order valence-electron chi connectivity index (χ3n) is 3.50. The van der Waals surface area contributed by atoms with Crippen molar-refractivity contribution in [3.05, 3.63) is 64.4 Å². The Kier molecular flexibility index (Phi) is 5.43. The van der Waals surface area contributed by atoms with Crippen molar-refractivity contribution in [3.63, 3.8) is 0 Å². The molecule has 3 aromatic rings. The zero-order valence-electron chi connectivity index (χ0n) is 13.9. The molecule has 3 N–H and O–H groups in total. The molecule has 0 aliphatic heterocycles. The van der Waals surface area contributed by atoms with Crippen LogP contribution in [-0.4, -0.2) is 33.5 Å². The predicted molar refractivity (Wildman–Crippen MR) is 102 cm³/mol. The highest BCUT2D eigenvalue weighted by Gasteiger charge is 2.10. The number of nitrogens with zero attached hydrogens (tertiary/aromatic N) is 2. The normalized spacial score (nSPS) is 10.4. The van der Waals surface area contributed by atoms with Gasteiger partial charge >= 0.3 is 0 Å². The molecule has 0 saturated heterocycles. The van der Waals surface area contributed by atoms with Crippen LogP contribution in [0.5, 0.6) is 0 Å². The Hall–Kier alpha value is -3.00. The van der Waals surface area contributed by atoms with Gasteiger partial charge in [-0.05, 0) is 37.3 Å². The van der Waals surface area contributed by atoms with E-state index in [4.69, 9.17) is 0 Å². The first kappa shape index (κ1) is 17.8. The first-order valence-corrected chi connectivity index (χ1v) is 8.63. The number of carbonyl (C=O) groups is 2. The molecule has 0 atom stereocenters. The van der Waals surface area contributed by atoms with E-state index in [2.05, 4.69) is 41.7 Å². The summed E-state index contributed by atoms with van der Waals surface area (Å²) in [7, 11) is 0. The van der Waals surface area contributed by atoms with E-state index >= 15 is 0 Å². The van der Waals surface area contributed by atoms with Crippen molar-refractivity contribution in [2.75, 3.05) is 11.9 Å². The minimum Gasteiger partial charge on any atom is -0.343 e. The van der Waals surface area contributed by atoms with Crippen LogP contribution >= 0.6 is 15.9 Å². The Morgan fingerprint density at radius 2 is 1.96 bits per heavy atom. The number of halogens is 1. The second kappa shape index (κ2) is 7.92. The Morgan fingerprint density at radius 3 is 2.69 bits per heavy atom.